The highest BCUT2D eigenvalue weighted by Crippen LogP contribution is 2.33. The number of anilines is 1. The molecule has 0 spiro atoms. The predicted molar refractivity (Wildman–Crippen MR) is 91.3 cm³/mol. The molecule has 3 atom stereocenters. The van der Waals surface area contributed by atoms with Gasteiger partial charge < -0.3 is 10.1 Å². The average Bonchev–Trinajstić information content (AvgIpc) is 2.92. The fourth-order valence-electron chi connectivity index (χ4n) is 3.68. The number of nitrogens with zero attached hydrogens (tertiary/aromatic N) is 2. The number of hydrogen-bond acceptors (Lipinski definition) is 4. The van der Waals surface area contributed by atoms with Crippen LogP contribution in [0.1, 0.15) is 12.0 Å². The molecule has 3 heterocycles. The van der Waals surface area contributed by atoms with Crippen LogP contribution in [0.4, 0.5) is 10.1 Å². The third-order valence-electron chi connectivity index (χ3n) is 4.85. The van der Waals surface area contributed by atoms with Gasteiger partial charge in [-0.05, 0) is 24.6 Å². The number of carbonyl (C=O) groups is 1. The summed E-state index contributed by atoms with van der Waals surface area (Å²) in [7, 11) is 0. The second-order valence-electron chi connectivity index (χ2n) is 6.66. The van der Waals surface area contributed by atoms with Crippen molar-refractivity contribution in [3.05, 3.63) is 60.2 Å². The van der Waals surface area contributed by atoms with Crippen molar-refractivity contribution < 1.29 is 13.9 Å². The molecule has 2 aliphatic heterocycles. The fraction of sp³-hybridized carbons (Fsp3) is 0.368. The van der Waals surface area contributed by atoms with Gasteiger partial charge in [0.2, 0.25) is 5.91 Å². The number of morpholine rings is 1. The SMILES string of the molecule is O=C(Nc1cccnc1)[C@@H]1C[C@H]2CN(Cc3ccccc3F)C[C@H]1O2. The molecule has 0 aliphatic carbocycles. The van der Waals surface area contributed by atoms with Gasteiger partial charge in [0.05, 0.1) is 30.0 Å². The van der Waals surface area contributed by atoms with Gasteiger partial charge in [0.15, 0.2) is 0 Å². The van der Waals surface area contributed by atoms with E-state index in [1.54, 1.807) is 30.6 Å². The van der Waals surface area contributed by atoms with Gasteiger partial charge in [-0.3, -0.25) is 14.7 Å². The lowest BCUT2D eigenvalue weighted by Gasteiger charge is -2.32. The Hall–Kier alpha value is -2.31. The Balaban J connectivity index is 1.40. The Kier molecular flexibility index (Phi) is 4.46. The first-order valence-corrected chi connectivity index (χ1v) is 8.51. The van der Waals surface area contributed by atoms with E-state index in [4.69, 9.17) is 4.74 Å². The molecule has 0 radical (unpaired) electrons. The minimum absolute atomic E-state index is 0.0233. The Morgan fingerprint density at radius 3 is 2.96 bits per heavy atom. The summed E-state index contributed by atoms with van der Waals surface area (Å²) in [4.78, 5) is 18.8. The molecule has 1 aromatic carbocycles. The lowest BCUT2D eigenvalue weighted by Crippen LogP contribution is -2.44. The summed E-state index contributed by atoms with van der Waals surface area (Å²) < 4.78 is 19.8. The maximum Gasteiger partial charge on any atom is 0.230 e. The van der Waals surface area contributed by atoms with Gasteiger partial charge in [-0.25, -0.2) is 4.39 Å². The van der Waals surface area contributed by atoms with Gasteiger partial charge in [0, 0.05) is 31.4 Å². The number of ether oxygens (including phenoxy) is 1. The standard InChI is InChI=1S/C19H20FN3O2/c20-17-6-2-1-4-13(17)10-23-11-15-8-16(18(12-23)25-15)19(24)22-14-5-3-7-21-9-14/h1-7,9,15-16,18H,8,10-12H2,(H,22,24)/t15-,16+,18+/m0/s1. The monoisotopic (exact) mass is 341 g/mol. The van der Waals surface area contributed by atoms with Crippen molar-refractivity contribution in [2.45, 2.75) is 25.2 Å². The van der Waals surface area contributed by atoms with E-state index in [1.165, 1.54) is 6.07 Å². The number of hydrogen-bond donors (Lipinski definition) is 1. The van der Waals surface area contributed by atoms with Crippen LogP contribution in [0.3, 0.4) is 0 Å². The van der Waals surface area contributed by atoms with E-state index in [0.717, 1.165) is 6.54 Å². The highest BCUT2D eigenvalue weighted by Gasteiger charge is 2.44. The van der Waals surface area contributed by atoms with Crippen LogP contribution in [0, 0.1) is 11.7 Å². The number of pyridine rings is 1. The van der Waals surface area contributed by atoms with Crippen LogP contribution in [0.5, 0.6) is 0 Å². The Morgan fingerprint density at radius 1 is 1.28 bits per heavy atom. The van der Waals surface area contributed by atoms with Crippen molar-refractivity contribution in [3.63, 3.8) is 0 Å². The quantitative estimate of drug-likeness (QED) is 0.928. The zero-order chi connectivity index (χ0) is 17.2. The largest absolute Gasteiger partial charge is 0.371 e. The summed E-state index contributed by atoms with van der Waals surface area (Å²) in [5.74, 6) is -0.406. The molecule has 1 aromatic heterocycles. The molecule has 4 rings (SSSR count). The van der Waals surface area contributed by atoms with Crippen molar-refractivity contribution in [2.24, 2.45) is 5.92 Å². The van der Waals surface area contributed by atoms with Crippen molar-refractivity contribution >= 4 is 11.6 Å². The summed E-state index contributed by atoms with van der Waals surface area (Å²) >= 11 is 0. The molecular weight excluding hydrogens is 321 g/mol. The Bertz CT molecular complexity index is 755. The van der Waals surface area contributed by atoms with Gasteiger partial charge in [-0.2, -0.15) is 0 Å². The number of likely N-dealkylation sites (tertiary alicyclic amines) is 1. The molecule has 2 bridgehead atoms. The van der Waals surface area contributed by atoms with Crippen molar-refractivity contribution in [1.29, 1.82) is 0 Å². The third-order valence-corrected chi connectivity index (χ3v) is 4.85. The van der Waals surface area contributed by atoms with Crippen LogP contribution < -0.4 is 5.32 Å². The highest BCUT2D eigenvalue weighted by molar-refractivity contribution is 5.93. The van der Waals surface area contributed by atoms with E-state index >= 15 is 0 Å². The number of aromatic nitrogens is 1. The first-order valence-electron chi connectivity index (χ1n) is 8.51. The summed E-state index contributed by atoms with van der Waals surface area (Å²) in [5, 5.41) is 2.91. The molecule has 25 heavy (non-hydrogen) atoms. The van der Waals surface area contributed by atoms with Crippen LogP contribution in [-0.4, -0.2) is 41.1 Å². The molecule has 2 aromatic rings. The summed E-state index contributed by atoms with van der Waals surface area (Å²) in [6, 6.07) is 10.4. The number of amides is 1. The molecule has 1 N–H and O–H groups in total. The average molecular weight is 341 g/mol. The summed E-state index contributed by atoms with van der Waals surface area (Å²) in [6.07, 6.45) is 3.87. The number of carbonyl (C=O) groups excluding carboxylic acids is 1. The van der Waals surface area contributed by atoms with Crippen LogP contribution >= 0.6 is 0 Å². The Labute approximate surface area is 145 Å². The van der Waals surface area contributed by atoms with Gasteiger partial charge in [-0.1, -0.05) is 18.2 Å². The first kappa shape index (κ1) is 16.2. The minimum Gasteiger partial charge on any atom is -0.371 e. The van der Waals surface area contributed by atoms with Crippen LogP contribution in [0.2, 0.25) is 0 Å². The van der Waals surface area contributed by atoms with Crippen LogP contribution in [0.25, 0.3) is 0 Å². The smallest absolute Gasteiger partial charge is 0.230 e. The molecular formula is C19H20FN3O2. The number of halogens is 1. The topological polar surface area (TPSA) is 54.5 Å². The predicted octanol–water partition coefficient (Wildman–Crippen LogP) is 2.45. The molecule has 6 heteroatoms. The number of benzene rings is 1. The van der Waals surface area contributed by atoms with Crippen molar-refractivity contribution in [3.8, 4) is 0 Å². The number of fused-ring (bicyclic) bond motifs is 2. The van der Waals surface area contributed by atoms with E-state index in [-0.39, 0.29) is 29.9 Å². The normalized spacial score (nSPS) is 25.7. The van der Waals surface area contributed by atoms with Gasteiger partial charge >= 0.3 is 0 Å². The lowest BCUT2D eigenvalue weighted by atomic mass is 9.99. The molecule has 5 nitrogen and oxygen atoms in total. The highest BCUT2D eigenvalue weighted by atomic mass is 19.1. The second-order valence-corrected chi connectivity index (χ2v) is 6.66. The van der Waals surface area contributed by atoms with E-state index in [0.29, 0.717) is 30.8 Å². The molecule has 0 saturated carbocycles. The Morgan fingerprint density at radius 2 is 2.16 bits per heavy atom. The maximum absolute atomic E-state index is 13.9. The zero-order valence-corrected chi connectivity index (χ0v) is 13.8. The third kappa shape index (κ3) is 3.55. The van der Waals surface area contributed by atoms with E-state index in [2.05, 4.69) is 15.2 Å². The van der Waals surface area contributed by atoms with Gasteiger partial charge in [-0.15, -0.1) is 0 Å². The summed E-state index contributed by atoms with van der Waals surface area (Å²) in [5.41, 5.74) is 1.37. The fourth-order valence-corrected chi connectivity index (χ4v) is 3.68. The van der Waals surface area contributed by atoms with Crippen LogP contribution in [-0.2, 0) is 16.1 Å². The number of nitrogens with one attached hydrogen (secondary N) is 1. The van der Waals surface area contributed by atoms with E-state index in [1.807, 2.05) is 12.1 Å². The van der Waals surface area contributed by atoms with E-state index in [9.17, 15) is 9.18 Å². The van der Waals surface area contributed by atoms with Crippen molar-refractivity contribution in [1.82, 2.24) is 9.88 Å². The second kappa shape index (κ2) is 6.90. The molecule has 2 saturated heterocycles. The lowest BCUT2D eigenvalue weighted by molar-refractivity contribution is -0.123. The molecule has 130 valence electrons. The maximum atomic E-state index is 13.9. The van der Waals surface area contributed by atoms with Gasteiger partial charge in [0.25, 0.3) is 0 Å². The number of rotatable bonds is 4. The molecule has 1 amide bonds. The first-order chi connectivity index (χ1) is 12.2. The zero-order valence-electron chi connectivity index (χ0n) is 13.8. The minimum atomic E-state index is -0.188. The van der Waals surface area contributed by atoms with Crippen LogP contribution in [0.15, 0.2) is 48.8 Å². The van der Waals surface area contributed by atoms with Crippen molar-refractivity contribution in [2.75, 3.05) is 18.4 Å². The van der Waals surface area contributed by atoms with Gasteiger partial charge in [0.1, 0.15) is 5.82 Å². The van der Waals surface area contributed by atoms with E-state index < -0.39 is 0 Å². The molecule has 2 aliphatic rings. The molecule has 0 unspecified atom stereocenters. The summed E-state index contributed by atoms with van der Waals surface area (Å²) in [6.45, 7) is 1.90. The molecule has 2 fully saturated rings.